The Hall–Kier alpha value is -0.120. The highest BCUT2D eigenvalue weighted by Gasteiger charge is 2.22. The Morgan fingerprint density at radius 3 is 2.60 bits per heavy atom. The molecule has 0 aliphatic heterocycles. The second kappa shape index (κ2) is 8.08. The van der Waals surface area contributed by atoms with E-state index in [1.165, 1.54) is 32.1 Å². The van der Waals surface area contributed by atoms with Crippen molar-refractivity contribution in [3.63, 3.8) is 0 Å². The fraction of sp³-hybridized carbons (Fsp3) is 1.00. The number of nitrogens with one attached hydrogen (secondary N) is 1. The van der Waals surface area contributed by atoms with Crippen LogP contribution in [0.4, 0.5) is 0 Å². The van der Waals surface area contributed by atoms with Crippen molar-refractivity contribution in [2.45, 2.75) is 57.9 Å². The summed E-state index contributed by atoms with van der Waals surface area (Å²) in [6.07, 6.45) is 8.98. The first-order valence-electron chi connectivity index (χ1n) is 6.42. The van der Waals surface area contributed by atoms with E-state index in [1.54, 1.807) is 0 Å². The van der Waals surface area contributed by atoms with E-state index < -0.39 is 0 Å². The number of hydrazine groups is 1. The third kappa shape index (κ3) is 4.96. The van der Waals surface area contributed by atoms with Gasteiger partial charge in [-0.1, -0.05) is 26.2 Å². The summed E-state index contributed by atoms with van der Waals surface area (Å²) in [6.45, 7) is 3.86. The summed E-state index contributed by atoms with van der Waals surface area (Å²) in [4.78, 5) is 0. The van der Waals surface area contributed by atoms with E-state index in [9.17, 15) is 0 Å². The summed E-state index contributed by atoms with van der Waals surface area (Å²) in [6, 6.07) is 0.460. The molecule has 0 radical (unpaired) electrons. The van der Waals surface area contributed by atoms with Gasteiger partial charge in [0.1, 0.15) is 0 Å². The monoisotopic (exact) mass is 214 g/mol. The standard InChI is InChI=1S/C12H26N2O/c1-2-9-15-10-8-12(14-13)11-6-4-3-5-7-11/h11-12,14H,2-10,13H2,1H3. The predicted molar refractivity (Wildman–Crippen MR) is 63.4 cm³/mol. The Kier molecular flexibility index (Phi) is 6.98. The molecule has 1 saturated carbocycles. The van der Waals surface area contributed by atoms with E-state index in [0.717, 1.165) is 32.0 Å². The van der Waals surface area contributed by atoms with Crippen LogP contribution in [0.3, 0.4) is 0 Å². The minimum absolute atomic E-state index is 0.460. The minimum Gasteiger partial charge on any atom is -0.381 e. The van der Waals surface area contributed by atoms with Gasteiger partial charge in [-0.25, -0.2) is 0 Å². The van der Waals surface area contributed by atoms with E-state index in [-0.39, 0.29) is 0 Å². The van der Waals surface area contributed by atoms with Crippen LogP contribution in [-0.4, -0.2) is 19.3 Å². The van der Waals surface area contributed by atoms with Gasteiger partial charge >= 0.3 is 0 Å². The second-order valence-corrected chi connectivity index (χ2v) is 4.57. The lowest BCUT2D eigenvalue weighted by atomic mass is 9.83. The van der Waals surface area contributed by atoms with Crippen molar-refractivity contribution < 1.29 is 4.74 Å². The normalized spacial score (nSPS) is 20.4. The van der Waals surface area contributed by atoms with E-state index in [1.807, 2.05) is 0 Å². The molecule has 0 aromatic rings. The van der Waals surface area contributed by atoms with E-state index in [4.69, 9.17) is 10.6 Å². The van der Waals surface area contributed by atoms with Gasteiger partial charge in [-0.2, -0.15) is 0 Å². The van der Waals surface area contributed by atoms with Gasteiger partial charge in [0.25, 0.3) is 0 Å². The molecule has 0 heterocycles. The Bertz CT molecular complexity index is 147. The Labute approximate surface area is 93.7 Å². The molecule has 1 fully saturated rings. The van der Waals surface area contributed by atoms with Crippen molar-refractivity contribution >= 4 is 0 Å². The van der Waals surface area contributed by atoms with Gasteiger partial charge in [-0.3, -0.25) is 11.3 Å². The van der Waals surface area contributed by atoms with Gasteiger partial charge in [-0.05, 0) is 31.6 Å². The van der Waals surface area contributed by atoms with Crippen LogP contribution >= 0.6 is 0 Å². The first-order chi connectivity index (χ1) is 7.38. The van der Waals surface area contributed by atoms with Gasteiger partial charge in [0.15, 0.2) is 0 Å². The summed E-state index contributed by atoms with van der Waals surface area (Å²) in [5.74, 6) is 6.38. The highest BCUT2D eigenvalue weighted by molar-refractivity contribution is 4.77. The van der Waals surface area contributed by atoms with Crippen LogP contribution in [0.2, 0.25) is 0 Å². The molecule has 0 aromatic carbocycles. The smallest absolute Gasteiger partial charge is 0.0481 e. The molecule has 1 unspecified atom stereocenters. The fourth-order valence-corrected chi connectivity index (χ4v) is 2.45. The number of nitrogens with two attached hydrogens (primary N) is 1. The molecule has 15 heavy (non-hydrogen) atoms. The summed E-state index contributed by atoms with van der Waals surface area (Å²) in [5, 5.41) is 0. The zero-order chi connectivity index (χ0) is 10.9. The molecule has 90 valence electrons. The second-order valence-electron chi connectivity index (χ2n) is 4.57. The van der Waals surface area contributed by atoms with E-state index in [2.05, 4.69) is 12.3 Å². The molecule has 3 heteroatoms. The van der Waals surface area contributed by atoms with Crippen molar-refractivity contribution in [2.24, 2.45) is 11.8 Å². The number of rotatable bonds is 7. The molecule has 0 spiro atoms. The SMILES string of the molecule is CCCOCCC(NN)C1CCCCC1. The van der Waals surface area contributed by atoms with Crippen LogP contribution in [0.25, 0.3) is 0 Å². The summed E-state index contributed by atoms with van der Waals surface area (Å²) < 4.78 is 5.51. The van der Waals surface area contributed by atoms with Gasteiger partial charge in [0, 0.05) is 19.3 Å². The van der Waals surface area contributed by atoms with Crippen LogP contribution in [0.1, 0.15) is 51.9 Å². The zero-order valence-electron chi connectivity index (χ0n) is 10.0. The maximum absolute atomic E-state index is 5.61. The average molecular weight is 214 g/mol. The Morgan fingerprint density at radius 2 is 2.00 bits per heavy atom. The molecular weight excluding hydrogens is 188 g/mol. The molecule has 1 atom stereocenters. The van der Waals surface area contributed by atoms with Gasteiger partial charge < -0.3 is 4.74 Å². The average Bonchev–Trinajstić information content (AvgIpc) is 2.30. The van der Waals surface area contributed by atoms with Crippen molar-refractivity contribution in [3.8, 4) is 0 Å². The molecule has 1 aliphatic carbocycles. The van der Waals surface area contributed by atoms with E-state index in [0.29, 0.717) is 6.04 Å². The molecule has 0 amide bonds. The predicted octanol–water partition coefficient (Wildman–Crippen LogP) is 2.22. The highest BCUT2D eigenvalue weighted by atomic mass is 16.5. The number of hydrogen-bond acceptors (Lipinski definition) is 3. The summed E-state index contributed by atoms with van der Waals surface area (Å²) >= 11 is 0. The van der Waals surface area contributed by atoms with Gasteiger partial charge in [0.05, 0.1) is 0 Å². The first-order valence-corrected chi connectivity index (χ1v) is 6.42. The van der Waals surface area contributed by atoms with Crippen LogP contribution < -0.4 is 11.3 Å². The fourth-order valence-electron chi connectivity index (χ4n) is 2.45. The lowest BCUT2D eigenvalue weighted by molar-refractivity contribution is 0.113. The molecular formula is C12H26N2O. The van der Waals surface area contributed by atoms with Gasteiger partial charge in [-0.15, -0.1) is 0 Å². The molecule has 1 rings (SSSR count). The van der Waals surface area contributed by atoms with Crippen molar-refractivity contribution in [1.29, 1.82) is 0 Å². The lowest BCUT2D eigenvalue weighted by Crippen LogP contribution is -2.42. The van der Waals surface area contributed by atoms with Crippen molar-refractivity contribution in [3.05, 3.63) is 0 Å². The summed E-state index contributed by atoms with van der Waals surface area (Å²) in [5.41, 5.74) is 2.97. The number of ether oxygens (including phenoxy) is 1. The molecule has 1 aliphatic rings. The quantitative estimate of drug-likeness (QED) is 0.388. The van der Waals surface area contributed by atoms with Crippen LogP contribution in [0.5, 0.6) is 0 Å². The van der Waals surface area contributed by atoms with Crippen LogP contribution in [-0.2, 0) is 4.74 Å². The summed E-state index contributed by atoms with van der Waals surface area (Å²) in [7, 11) is 0. The van der Waals surface area contributed by atoms with Gasteiger partial charge in [0.2, 0.25) is 0 Å². The lowest BCUT2D eigenvalue weighted by Gasteiger charge is -2.29. The zero-order valence-corrected chi connectivity index (χ0v) is 10.0. The third-order valence-corrected chi connectivity index (χ3v) is 3.35. The molecule has 0 bridgehead atoms. The van der Waals surface area contributed by atoms with Crippen LogP contribution in [0.15, 0.2) is 0 Å². The maximum atomic E-state index is 5.61. The Balaban J connectivity index is 2.15. The number of hydrogen-bond donors (Lipinski definition) is 2. The largest absolute Gasteiger partial charge is 0.381 e. The minimum atomic E-state index is 0.460. The first kappa shape index (κ1) is 12.9. The molecule has 0 aromatic heterocycles. The molecule has 3 nitrogen and oxygen atoms in total. The van der Waals surface area contributed by atoms with E-state index >= 15 is 0 Å². The van der Waals surface area contributed by atoms with Crippen molar-refractivity contribution in [1.82, 2.24) is 5.43 Å². The maximum Gasteiger partial charge on any atom is 0.0481 e. The van der Waals surface area contributed by atoms with Crippen LogP contribution in [0, 0.1) is 5.92 Å². The van der Waals surface area contributed by atoms with Crippen molar-refractivity contribution in [2.75, 3.05) is 13.2 Å². The molecule has 3 N–H and O–H groups in total. The molecule has 0 saturated heterocycles. The Morgan fingerprint density at radius 1 is 1.27 bits per heavy atom. The topological polar surface area (TPSA) is 47.3 Å². The third-order valence-electron chi connectivity index (χ3n) is 3.35. The highest BCUT2D eigenvalue weighted by Crippen LogP contribution is 2.27.